The van der Waals surface area contributed by atoms with E-state index in [1.165, 1.54) is 38.6 Å². The van der Waals surface area contributed by atoms with E-state index in [0.29, 0.717) is 5.41 Å². The van der Waals surface area contributed by atoms with Crippen molar-refractivity contribution < 1.29 is 0 Å². The molecule has 1 aliphatic rings. The summed E-state index contributed by atoms with van der Waals surface area (Å²) in [5, 5.41) is 3.71. The van der Waals surface area contributed by atoms with Crippen LogP contribution in [-0.2, 0) is 0 Å². The Kier molecular flexibility index (Phi) is 4.22. The maximum Gasteiger partial charge on any atom is 0.00967 e. The summed E-state index contributed by atoms with van der Waals surface area (Å²) in [7, 11) is 0. The molecule has 0 unspecified atom stereocenters. The highest BCUT2D eigenvalue weighted by molar-refractivity contribution is 4.89. The van der Waals surface area contributed by atoms with Crippen molar-refractivity contribution in [1.82, 2.24) is 5.32 Å². The highest BCUT2D eigenvalue weighted by Crippen LogP contribution is 2.42. The lowest BCUT2D eigenvalue weighted by Gasteiger charge is -2.43. The summed E-state index contributed by atoms with van der Waals surface area (Å²) >= 11 is 0. The van der Waals surface area contributed by atoms with E-state index in [2.05, 4.69) is 39.9 Å². The van der Waals surface area contributed by atoms with Gasteiger partial charge in [0.2, 0.25) is 0 Å². The van der Waals surface area contributed by atoms with Gasteiger partial charge in [-0.3, -0.25) is 0 Å². The van der Waals surface area contributed by atoms with Crippen molar-refractivity contribution in [2.24, 2.45) is 11.3 Å². The summed E-state index contributed by atoms with van der Waals surface area (Å²) in [5.41, 5.74) is 0.838. The standard InChI is InChI=1S/C14H29N/c1-12(2)14(9-7-6-8-10-14)11-15-13(3,4)5/h12,15H,6-11H2,1-5H3. The second kappa shape index (κ2) is 4.86. The van der Waals surface area contributed by atoms with E-state index in [9.17, 15) is 0 Å². The fraction of sp³-hybridized carbons (Fsp3) is 1.00. The molecule has 0 aromatic carbocycles. The maximum absolute atomic E-state index is 3.71. The smallest absolute Gasteiger partial charge is 0.00967 e. The summed E-state index contributed by atoms with van der Waals surface area (Å²) in [6.07, 6.45) is 7.17. The number of hydrogen-bond acceptors (Lipinski definition) is 1. The van der Waals surface area contributed by atoms with Crippen molar-refractivity contribution >= 4 is 0 Å². The molecule has 0 aromatic heterocycles. The van der Waals surface area contributed by atoms with Gasteiger partial charge in [-0.15, -0.1) is 0 Å². The Morgan fingerprint density at radius 2 is 1.60 bits per heavy atom. The van der Waals surface area contributed by atoms with Crippen LogP contribution < -0.4 is 5.32 Å². The molecule has 1 aliphatic carbocycles. The van der Waals surface area contributed by atoms with Crippen LogP contribution in [0.25, 0.3) is 0 Å². The van der Waals surface area contributed by atoms with Gasteiger partial charge in [0.25, 0.3) is 0 Å². The van der Waals surface area contributed by atoms with E-state index in [4.69, 9.17) is 0 Å². The Balaban J connectivity index is 2.57. The van der Waals surface area contributed by atoms with Gasteiger partial charge in [-0.2, -0.15) is 0 Å². The molecule has 90 valence electrons. The van der Waals surface area contributed by atoms with Crippen LogP contribution in [0.4, 0.5) is 0 Å². The first-order chi connectivity index (χ1) is 6.86. The third-order valence-corrected chi connectivity index (χ3v) is 4.04. The molecular weight excluding hydrogens is 182 g/mol. The molecule has 0 bridgehead atoms. The van der Waals surface area contributed by atoms with Gasteiger partial charge < -0.3 is 5.32 Å². The number of rotatable bonds is 3. The minimum atomic E-state index is 0.263. The molecule has 1 nitrogen and oxygen atoms in total. The Labute approximate surface area is 96.0 Å². The van der Waals surface area contributed by atoms with Crippen LogP contribution in [0.2, 0.25) is 0 Å². The lowest BCUT2D eigenvalue weighted by Crippen LogP contribution is -2.47. The first-order valence-electron chi connectivity index (χ1n) is 6.61. The highest BCUT2D eigenvalue weighted by atomic mass is 15.0. The zero-order valence-electron chi connectivity index (χ0n) is 11.3. The van der Waals surface area contributed by atoms with E-state index >= 15 is 0 Å². The third kappa shape index (κ3) is 3.79. The van der Waals surface area contributed by atoms with E-state index in [-0.39, 0.29) is 5.54 Å². The third-order valence-electron chi connectivity index (χ3n) is 4.04. The molecule has 0 radical (unpaired) electrons. The van der Waals surface area contributed by atoms with Crippen molar-refractivity contribution in [2.75, 3.05) is 6.54 Å². The fourth-order valence-corrected chi connectivity index (χ4v) is 2.66. The normalized spacial score (nSPS) is 22.0. The lowest BCUT2D eigenvalue weighted by molar-refractivity contribution is 0.105. The minimum Gasteiger partial charge on any atom is -0.312 e. The molecule has 0 atom stereocenters. The Hall–Kier alpha value is -0.0400. The first-order valence-corrected chi connectivity index (χ1v) is 6.61. The van der Waals surface area contributed by atoms with Crippen molar-refractivity contribution in [3.8, 4) is 0 Å². The van der Waals surface area contributed by atoms with Crippen LogP contribution in [-0.4, -0.2) is 12.1 Å². The topological polar surface area (TPSA) is 12.0 Å². The molecule has 1 heteroatoms. The van der Waals surface area contributed by atoms with Gasteiger partial charge in [0.15, 0.2) is 0 Å². The van der Waals surface area contributed by atoms with Crippen molar-refractivity contribution in [2.45, 2.75) is 72.3 Å². The van der Waals surface area contributed by atoms with Gasteiger partial charge in [0.05, 0.1) is 0 Å². The summed E-state index contributed by atoms with van der Waals surface area (Å²) in [6.45, 7) is 12.8. The summed E-state index contributed by atoms with van der Waals surface area (Å²) in [4.78, 5) is 0. The zero-order chi connectivity index (χ0) is 11.5. The Morgan fingerprint density at radius 1 is 1.07 bits per heavy atom. The molecule has 1 fully saturated rings. The summed E-state index contributed by atoms with van der Waals surface area (Å²) in [6, 6.07) is 0. The zero-order valence-corrected chi connectivity index (χ0v) is 11.3. The molecule has 0 amide bonds. The van der Waals surface area contributed by atoms with Crippen molar-refractivity contribution in [3.63, 3.8) is 0 Å². The van der Waals surface area contributed by atoms with Crippen LogP contribution in [0.15, 0.2) is 0 Å². The van der Waals surface area contributed by atoms with E-state index in [1.807, 2.05) is 0 Å². The molecule has 0 aliphatic heterocycles. The summed E-state index contributed by atoms with van der Waals surface area (Å²) in [5.74, 6) is 0.813. The monoisotopic (exact) mass is 211 g/mol. The molecule has 15 heavy (non-hydrogen) atoms. The largest absolute Gasteiger partial charge is 0.312 e. The number of nitrogens with one attached hydrogen (secondary N) is 1. The molecular formula is C14H29N. The quantitative estimate of drug-likeness (QED) is 0.744. The van der Waals surface area contributed by atoms with Crippen LogP contribution in [0, 0.1) is 11.3 Å². The predicted molar refractivity (Wildman–Crippen MR) is 68.1 cm³/mol. The average Bonchev–Trinajstić information content (AvgIpc) is 2.15. The van der Waals surface area contributed by atoms with Crippen molar-refractivity contribution in [1.29, 1.82) is 0 Å². The molecule has 1 N–H and O–H groups in total. The first kappa shape index (κ1) is 13.0. The van der Waals surface area contributed by atoms with E-state index < -0.39 is 0 Å². The molecule has 1 saturated carbocycles. The van der Waals surface area contributed by atoms with Gasteiger partial charge in [0, 0.05) is 12.1 Å². The molecule has 0 aromatic rings. The van der Waals surface area contributed by atoms with Crippen LogP contribution in [0.1, 0.15) is 66.7 Å². The Bertz CT molecular complexity index is 182. The molecule has 0 spiro atoms. The van der Waals surface area contributed by atoms with Gasteiger partial charge in [-0.05, 0) is 44.9 Å². The fourth-order valence-electron chi connectivity index (χ4n) is 2.66. The second-order valence-electron chi connectivity index (χ2n) is 6.68. The molecule has 0 saturated heterocycles. The second-order valence-corrected chi connectivity index (χ2v) is 6.68. The maximum atomic E-state index is 3.71. The Morgan fingerprint density at radius 3 is 2.00 bits per heavy atom. The molecule has 1 rings (SSSR count). The van der Waals surface area contributed by atoms with Crippen LogP contribution >= 0.6 is 0 Å². The SMILES string of the molecule is CC(C)C1(CNC(C)(C)C)CCCCC1. The predicted octanol–water partition coefficient (Wildman–Crippen LogP) is 3.98. The van der Waals surface area contributed by atoms with Crippen molar-refractivity contribution in [3.05, 3.63) is 0 Å². The van der Waals surface area contributed by atoms with E-state index in [1.54, 1.807) is 0 Å². The number of hydrogen-bond donors (Lipinski definition) is 1. The lowest BCUT2D eigenvalue weighted by atomic mass is 9.67. The van der Waals surface area contributed by atoms with Crippen LogP contribution in [0.5, 0.6) is 0 Å². The average molecular weight is 211 g/mol. The van der Waals surface area contributed by atoms with Gasteiger partial charge >= 0.3 is 0 Å². The van der Waals surface area contributed by atoms with Gasteiger partial charge in [-0.25, -0.2) is 0 Å². The highest BCUT2D eigenvalue weighted by Gasteiger charge is 2.35. The molecule has 0 heterocycles. The minimum absolute atomic E-state index is 0.263. The van der Waals surface area contributed by atoms with Crippen LogP contribution in [0.3, 0.4) is 0 Å². The van der Waals surface area contributed by atoms with Gasteiger partial charge in [-0.1, -0.05) is 33.1 Å². The van der Waals surface area contributed by atoms with Gasteiger partial charge in [0.1, 0.15) is 0 Å². The van der Waals surface area contributed by atoms with E-state index in [0.717, 1.165) is 5.92 Å². The summed E-state index contributed by atoms with van der Waals surface area (Å²) < 4.78 is 0.